The smallest absolute Gasteiger partial charge is 0.240 e. The Bertz CT molecular complexity index is 399. The lowest BCUT2D eigenvalue weighted by molar-refractivity contribution is -0.128. The van der Waals surface area contributed by atoms with Crippen molar-refractivity contribution in [3.8, 4) is 0 Å². The minimum atomic E-state index is -0.429. The maximum Gasteiger partial charge on any atom is 0.240 e. The van der Waals surface area contributed by atoms with Gasteiger partial charge in [-0.3, -0.25) is 9.78 Å². The molecule has 0 radical (unpaired) electrons. The van der Waals surface area contributed by atoms with Gasteiger partial charge in [0.15, 0.2) is 0 Å². The summed E-state index contributed by atoms with van der Waals surface area (Å²) in [5.41, 5.74) is 0.464. The summed E-state index contributed by atoms with van der Waals surface area (Å²) < 4.78 is 0. The largest absolute Gasteiger partial charge is 0.346 e. The van der Waals surface area contributed by atoms with Gasteiger partial charge in [0, 0.05) is 6.20 Å². The maximum atomic E-state index is 12.3. The maximum absolute atomic E-state index is 12.3. The van der Waals surface area contributed by atoms with Crippen molar-refractivity contribution in [3.05, 3.63) is 30.1 Å². The number of nitrogens with one attached hydrogen (secondary N) is 2. The SMILES string of the molecule is C[C@H](NC(=O)C1(C)CCCCN1)c1ccccn1. The molecule has 1 aliphatic rings. The highest BCUT2D eigenvalue weighted by Crippen LogP contribution is 2.20. The summed E-state index contributed by atoms with van der Waals surface area (Å²) in [6, 6.07) is 5.69. The van der Waals surface area contributed by atoms with Crippen molar-refractivity contribution in [3.63, 3.8) is 0 Å². The molecule has 2 rings (SSSR count). The van der Waals surface area contributed by atoms with Crippen LogP contribution >= 0.6 is 0 Å². The van der Waals surface area contributed by atoms with Gasteiger partial charge in [-0.1, -0.05) is 6.07 Å². The molecule has 0 saturated carbocycles. The van der Waals surface area contributed by atoms with Gasteiger partial charge in [-0.15, -0.1) is 0 Å². The van der Waals surface area contributed by atoms with E-state index in [1.54, 1.807) is 6.20 Å². The zero-order chi connectivity index (χ0) is 13.0. The summed E-state index contributed by atoms with van der Waals surface area (Å²) in [5.74, 6) is 0.0698. The summed E-state index contributed by atoms with van der Waals surface area (Å²) in [4.78, 5) is 16.6. The number of aromatic nitrogens is 1. The molecule has 2 atom stereocenters. The second kappa shape index (κ2) is 5.48. The molecule has 1 amide bonds. The Morgan fingerprint density at radius 3 is 2.94 bits per heavy atom. The number of rotatable bonds is 3. The van der Waals surface area contributed by atoms with Crippen LogP contribution in [-0.4, -0.2) is 23.0 Å². The van der Waals surface area contributed by atoms with Gasteiger partial charge in [-0.2, -0.15) is 0 Å². The van der Waals surface area contributed by atoms with Crippen molar-refractivity contribution in [2.75, 3.05) is 6.54 Å². The Labute approximate surface area is 108 Å². The normalized spacial score (nSPS) is 25.4. The van der Waals surface area contributed by atoms with E-state index in [0.717, 1.165) is 31.5 Å². The van der Waals surface area contributed by atoms with Crippen molar-refractivity contribution >= 4 is 5.91 Å². The van der Waals surface area contributed by atoms with Crippen molar-refractivity contribution in [1.82, 2.24) is 15.6 Å². The van der Waals surface area contributed by atoms with Crippen LogP contribution in [0.2, 0.25) is 0 Å². The number of hydrogen-bond acceptors (Lipinski definition) is 3. The Kier molecular flexibility index (Phi) is 3.97. The van der Waals surface area contributed by atoms with Crippen LogP contribution in [0.5, 0.6) is 0 Å². The van der Waals surface area contributed by atoms with Crippen LogP contribution in [0, 0.1) is 0 Å². The molecular weight excluding hydrogens is 226 g/mol. The van der Waals surface area contributed by atoms with Crippen LogP contribution < -0.4 is 10.6 Å². The number of nitrogens with zero attached hydrogens (tertiary/aromatic N) is 1. The molecule has 2 N–H and O–H groups in total. The van der Waals surface area contributed by atoms with E-state index in [9.17, 15) is 4.79 Å². The topological polar surface area (TPSA) is 54.0 Å². The van der Waals surface area contributed by atoms with Crippen LogP contribution in [0.1, 0.15) is 44.8 Å². The highest BCUT2D eigenvalue weighted by Gasteiger charge is 2.34. The first-order chi connectivity index (χ1) is 8.62. The first kappa shape index (κ1) is 13.0. The lowest BCUT2D eigenvalue weighted by atomic mass is 9.90. The molecule has 1 aromatic rings. The fourth-order valence-electron chi connectivity index (χ4n) is 2.31. The van der Waals surface area contributed by atoms with E-state index in [4.69, 9.17) is 0 Å². The monoisotopic (exact) mass is 247 g/mol. The van der Waals surface area contributed by atoms with Crippen LogP contribution in [0.3, 0.4) is 0 Å². The predicted molar refractivity (Wildman–Crippen MR) is 71.1 cm³/mol. The fraction of sp³-hybridized carbons (Fsp3) is 0.571. The van der Waals surface area contributed by atoms with Gasteiger partial charge in [0.2, 0.25) is 5.91 Å². The molecule has 98 valence electrons. The molecule has 1 fully saturated rings. The van der Waals surface area contributed by atoms with Crippen molar-refractivity contribution in [1.29, 1.82) is 0 Å². The summed E-state index contributed by atoms with van der Waals surface area (Å²) in [5, 5.41) is 6.36. The minimum absolute atomic E-state index is 0.0562. The van der Waals surface area contributed by atoms with E-state index < -0.39 is 5.54 Å². The van der Waals surface area contributed by atoms with Gasteiger partial charge in [0.1, 0.15) is 0 Å². The first-order valence-corrected chi connectivity index (χ1v) is 6.59. The molecule has 0 spiro atoms. The first-order valence-electron chi connectivity index (χ1n) is 6.59. The molecule has 4 heteroatoms. The number of amides is 1. The quantitative estimate of drug-likeness (QED) is 0.856. The number of carbonyl (C=O) groups excluding carboxylic acids is 1. The van der Waals surface area contributed by atoms with Gasteiger partial charge in [-0.05, 0) is 51.8 Å². The molecule has 1 aliphatic heterocycles. The zero-order valence-corrected chi connectivity index (χ0v) is 11.1. The van der Waals surface area contributed by atoms with Gasteiger partial charge in [-0.25, -0.2) is 0 Å². The minimum Gasteiger partial charge on any atom is -0.346 e. The van der Waals surface area contributed by atoms with Gasteiger partial charge in [0.25, 0.3) is 0 Å². The second-order valence-corrected chi connectivity index (χ2v) is 5.17. The number of carbonyl (C=O) groups is 1. The van der Waals surface area contributed by atoms with Crippen molar-refractivity contribution < 1.29 is 4.79 Å². The lowest BCUT2D eigenvalue weighted by Crippen LogP contribution is -2.57. The zero-order valence-electron chi connectivity index (χ0n) is 11.1. The van der Waals surface area contributed by atoms with E-state index in [1.165, 1.54) is 0 Å². The average Bonchev–Trinajstić information content (AvgIpc) is 2.40. The molecule has 2 heterocycles. The number of pyridine rings is 1. The third-order valence-corrected chi connectivity index (χ3v) is 3.60. The lowest BCUT2D eigenvalue weighted by Gasteiger charge is -2.34. The Morgan fingerprint density at radius 2 is 2.33 bits per heavy atom. The summed E-state index contributed by atoms with van der Waals surface area (Å²) in [7, 11) is 0. The fourth-order valence-corrected chi connectivity index (χ4v) is 2.31. The van der Waals surface area contributed by atoms with Crippen molar-refractivity contribution in [2.45, 2.75) is 44.7 Å². The van der Waals surface area contributed by atoms with E-state index >= 15 is 0 Å². The molecule has 0 aliphatic carbocycles. The van der Waals surface area contributed by atoms with Gasteiger partial charge in [0.05, 0.1) is 17.3 Å². The summed E-state index contributed by atoms with van der Waals surface area (Å²) >= 11 is 0. The number of piperidine rings is 1. The Balaban J connectivity index is 1.98. The molecule has 18 heavy (non-hydrogen) atoms. The molecule has 0 bridgehead atoms. The number of hydrogen-bond donors (Lipinski definition) is 2. The van der Waals surface area contributed by atoms with Crippen LogP contribution in [0.15, 0.2) is 24.4 Å². The van der Waals surface area contributed by atoms with E-state index in [1.807, 2.05) is 32.0 Å². The summed E-state index contributed by atoms with van der Waals surface area (Å²) in [6.45, 7) is 4.86. The highest BCUT2D eigenvalue weighted by atomic mass is 16.2. The second-order valence-electron chi connectivity index (χ2n) is 5.17. The molecule has 1 saturated heterocycles. The predicted octanol–water partition coefficient (Wildman–Crippen LogP) is 1.79. The van der Waals surface area contributed by atoms with Gasteiger partial charge >= 0.3 is 0 Å². The molecule has 1 aromatic heterocycles. The summed E-state index contributed by atoms with van der Waals surface area (Å²) in [6.07, 6.45) is 4.90. The molecular formula is C14H21N3O. The molecule has 4 nitrogen and oxygen atoms in total. The Hall–Kier alpha value is -1.42. The van der Waals surface area contributed by atoms with Crippen LogP contribution in [0.4, 0.5) is 0 Å². The standard InChI is InChI=1S/C14H21N3O/c1-11(12-7-3-5-9-15-12)17-13(18)14(2)8-4-6-10-16-14/h3,5,7,9,11,16H,4,6,8,10H2,1-2H3,(H,17,18)/t11-,14?/m0/s1. The molecule has 1 unspecified atom stereocenters. The average molecular weight is 247 g/mol. The Morgan fingerprint density at radius 1 is 1.50 bits per heavy atom. The van der Waals surface area contributed by atoms with E-state index in [2.05, 4.69) is 15.6 Å². The van der Waals surface area contributed by atoms with Gasteiger partial charge < -0.3 is 10.6 Å². The third kappa shape index (κ3) is 2.88. The van der Waals surface area contributed by atoms with Crippen molar-refractivity contribution in [2.24, 2.45) is 0 Å². The van der Waals surface area contributed by atoms with E-state index in [-0.39, 0.29) is 11.9 Å². The van der Waals surface area contributed by atoms with E-state index in [0.29, 0.717) is 0 Å². The molecule has 0 aromatic carbocycles. The van der Waals surface area contributed by atoms with Crippen LogP contribution in [0.25, 0.3) is 0 Å². The third-order valence-electron chi connectivity index (χ3n) is 3.60. The highest BCUT2D eigenvalue weighted by molar-refractivity contribution is 5.86. The van der Waals surface area contributed by atoms with Crippen LogP contribution in [-0.2, 0) is 4.79 Å².